The number of aryl methyl sites for hydroxylation is 2. The fraction of sp³-hybridized carbons (Fsp3) is 0.0385. The highest BCUT2D eigenvalue weighted by molar-refractivity contribution is 6.09. The van der Waals surface area contributed by atoms with E-state index in [2.05, 4.69) is 12.1 Å². The predicted molar refractivity (Wildman–Crippen MR) is 226 cm³/mol. The molecule has 16 aliphatic heterocycles. The molecule has 12 bridgehead atoms. The lowest BCUT2D eigenvalue weighted by atomic mass is 10.0. The van der Waals surface area contributed by atoms with E-state index in [0.717, 1.165) is 33.4 Å². The van der Waals surface area contributed by atoms with Crippen molar-refractivity contribution in [2.75, 3.05) is 0 Å². The topological polar surface area (TPSA) is 71.1 Å². The Morgan fingerprint density at radius 1 is 0.293 bits per heavy atom. The largest absolute Gasteiger partial charge is 0.457 e. The van der Waals surface area contributed by atoms with Gasteiger partial charge in [0.1, 0.15) is 46.0 Å². The van der Waals surface area contributed by atoms with Crippen LogP contribution in [0.2, 0.25) is 0 Å². The van der Waals surface area contributed by atoms with Gasteiger partial charge in [-0.05, 0) is 158 Å². The zero-order valence-electron chi connectivity index (χ0n) is 31.8. The Kier molecular flexibility index (Phi) is 9.58. The average Bonchev–Trinajstić information content (AvgIpc) is 3.25. The van der Waals surface area contributed by atoms with E-state index in [1.165, 1.54) is 0 Å². The van der Waals surface area contributed by atoms with Crippen LogP contribution in [0.4, 0.5) is 0 Å². The Balaban J connectivity index is 1.09. The summed E-state index contributed by atoms with van der Waals surface area (Å²) in [5.74, 6) is 4.57. The van der Waals surface area contributed by atoms with Crippen LogP contribution >= 0.6 is 0 Å². The molecule has 16 heterocycles. The molecule has 0 N–H and O–H groups in total. The molecule has 0 saturated carbocycles. The zero-order chi connectivity index (χ0) is 39.6. The number of hydrogen-bond acceptors (Lipinski definition) is 6. The second kappa shape index (κ2) is 15.4. The summed E-state index contributed by atoms with van der Waals surface area (Å²) < 4.78 is 25.5. The van der Waals surface area contributed by atoms with Gasteiger partial charge in [-0.15, -0.1) is 0 Å². The van der Waals surface area contributed by atoms with Gasteiger partial charge in [0.25, 0.3) is 0 Å². The summed E-state index contributed by atoms with van der Waals surface area (Å²) >= 11 is 0. The van der Waals surface area contributed by atoms with Crippen molar-refractivity contribution in [3.8, 4) is 68.2 Å². The molecule has 0 aliphatic carbocycles. The van der Waals surface area contributed by atoms with Crippen molar-refractivity contribution in [2.45, 2.75) is 13.8 Å². The monoisotopic (exact) mass is 756 g/mol. The number of ketones is 2. The summed E-state index contributed by atoms with van der Waals surface area (Å²) in [6, 6.07) is 56.1. The van der Waals surface area contributed by atoms with E-state index >= 15 is 0 Å². The molecule has 8 aromatic rings. The van der Waals surface area contributed by atoms with Gasteiger partial charge in [0.15, 0.2) is 11.6 Å². The highest BCUT2D eigenvalue weighted by atomic mass is 16.5. The van der Waals surface area contributed by atoms with E-state index < -0.39 is 0 Å². The molecule has 0 atom stereocenters. The van der Waals surface area contributed by atoms with Crippen LogP contribution in [-0.2, 0) is 0 Å². The smallest absolute Gasteiger partial charge is 0.193 e. The summed E-state index contributed by atoms with van der Waals surface area (Å²) in [5, 5.41) is 0. The van der Waals surface area contributed by atoms with Crippen molar-refractivity contribution in [3.05, 3.63) is 215 Å². The van der Waals surface area contributed by atoms with Crippen LogP contribution in [-0.4, -0.2) is 11.6 Å². The summed E-state index contributed by atoms with van der Waals surface area (Å²) in [4.78, 5) is 27.1. The predicted octanol–water partition coefficient (Wildman–Crippen LogP) is 13.6. The van der Waals surface area contributed by atoms with Crippen molar-refractivity contribution in [1.82, 2.24) is 0 Å². The fourth-order valence-corrected chi connectivity index (χ4v) is 6.96. The Hall–Kier alpha value is -7.70. The van der Waals surface area contributed by atoms with E-state index in [4.69, 9.17) is 18.9 Å². The maximum Gasteiger partial charge on any atom is 0.193 e. The number of carbonyl (C=O) groups excluding carboxylic acids is 2. The number of carbonyl (C=O) groups is 2. The van der Waals surface area contributed by atoms with Crippen molar-refractivity contribution < 1.29 is 28.5 Å². The highest BCUT2D eigenvalue weighted by Crippen LogP contribution is 2.40. The highest BCUT2D eigenvalue weighted by Gasteiger charge is 2.16. The van der Waals surface area contributed by atoms with Gasteiger partial charge in [0.2, 0.25) is 0 Å². The molecule has 0 saturated heterocycles. The first-order valence-electron chi connectivity index (χ1n) is 18.9. The third kappa shape index (κ3) is 7.72. The Labute approximate surface area is 336 Å². The van der Waals surface area contributed by atoms with Gasteiger partial charge < -0.3 is 18.9 Å². The first-order valence-corrected chi connectivity index (χ1v) is 18.9. The first-order chi connectivity index (χ1) is 28.3. The second-order valence-electron chi connectivity index (χ2n) is 14.2. The van der Waals surface area contributed by atoms with E-state index in [0.29, 0.717) is 68.2 Å². The van der Waals surface area contributed by atoms with Gasteiger partial charge in [-0.3, -0.25) is 9.59 Å². The molecular formula is C52H36O6. The standard InChI is InChI=1S/C52H36O6/c1-33-5-3-7-39(29-33)47-31-45-25-27-49(47)57-43-21-13-37(14-22-43)51(53)36-11-19-42(20-12-36)56-46-26-28-50(48(32-46)40-8-4-6-34(2)30-40)58-44-23-15-38(16-24-44)52(54)35-9-17-41(55-45)18-10-35/h3-32H,1-2H3. The zero-order valence-corrected chi connectivity index (χ0v) is 31.8. The van der Waals surface area contributed by atoms with Crippen LogP contribution in [0.25, 0.3) is 22.3 Å². The van der Waals surface area contributed by atoms with Crippen LogP contribution in [0.5, 0.6) is 46.0 Å². The minimum absolute atomic E-state index is 0.117. The third-order valence-electron chi connectivity index (χ3n) is 9.95. The molecule has 0 radical (unpaired) electrons. The number of benzene rings is 8. The van der Waals surface area contributed by atoms with Crippen LogP contribution < -0.4 is 18.9 Å². The fourth-order valence-electron chi connectivity index (χ4n) is 6.96. The summed E-state index contributed by atoms with van der Waals surface area (Å²) in [6.45, 7) is 4.09. The van der Waals surface area contributed by atoms with Crippen LogP contribution in [0.15, 0.2) is 182 Å². The first kappa shape index (κ1) is 36.0. The Morgan fingerprint density at radius 3 is 0.931 bits per heavy atom. The van der Waals surface area contributed by atoms with Crippen molar-refractivity contribution in [1.29, 1.82) is 0 Å². The maximum atomic E-state index is 13.6. The van der Waals surface area contributed by atoms with Crippen LogP contribution in [0.1, 0.15) is 43.0 Å². The van der Waals surface area contributed by atoms with Gasteiger partial charge in [-0.25, -0.2) is 0 Å². The molecule has 6 heteroatoms. The quantitative estimate of drug-likeness (QED) is 0.175. The Morgan fingerprint density at radius 2 is 0.603 bits per heavy atom. The molecule has 16 aliphatic rings. The lowest BCUT2D eigenvalue weighted by molar-refractivity contribution is 0.103. The van der Waals surface area contributed by atoms with Crippen LogP contribution in [0, 0.1) is 13.8 Å². The molecule has 0 aromatic heterocycles. The van der Waals surface area contributed by atoms with Gasteiger partial charge in [0, 0.05) is 33.4 Å². The molecule has 6 nitrogen and oxygen atoms in total. The SMILES string of the molecule is Cc1cccc(-c2cc3ccc2Oc2ccc(cc2)C(=O)c2ccc(cc2)Oc2ccc(c(-c4cccc(C)c4)c2)Oc2ccc(cc2)C(=O)c2ccc(cc2)O3)c1. The molecule has 58 heavy (non-hydrogen) atoms. The summed E-state index contributed by atoms with van der Waals surface area (Å²) in [5.41, 5.74) is 7.94. The normalized spacial score (nSPS) is 12.2. The summed E-state index contributed by atoms with van der Waals surface area (Å²) in [6.07, 6.45) is 0. The van der Waals surface area contributed by atoms with Crippen molar-refractivity contribution in [3.63, 3.8) is 0 Å². The molecule has 0 fully saturated rings. The number of ether oxygens (including phenoxy) is 4. The minimum atomic E-state index is -0.117. The Bertz CT molecular complexity index is 2610. The molecule has 0 amide bonds. The van der Waals surface area contributed by atoms with Gasteiger partial charge in [0.05, 0.1) is 0 Å². The van der Waals surface area contributed by atoms with Crippen molar-refractivity contribution in [2.24, 2.45) is 0 Å². The molecule has 0 spiro atoms. The molecule has 280 valence electrons. The number of hydrogen-bond donors (Lipinski definition) is 0. The average molecular weight is 757 g/mol. The van der Waals surface area contributed by atoms with E-state index in [-0.39, 0.29) is 11.6 Å². The van der Waals surface area contributed by atoms with Gasteiger partial charge in [-0.2, -0.15) is 0 Å². The minimum Gasteiger partial charge on any atom is -0.457 e. The van der Waals surface area contributed by atoms with Gasteiger partial charge >= 0.3 is 0 Å². The lowest BCUT2D eigenvalue weighted by Gasteiger charge is -2.15. The van der Waals surface area contributed by atoms with E-state index in [1.54, 1.807) is 97.1 Å². The molecule has 0 unspecified atom stereocenters. The van der Waals surface area contributed by atoms with E-state index in [9.17, 15) is 9.59 Å². The molecule has 8 aromatic carbocycles. The molecule has 24 rings (SSSR count). The van der Waals surface area contributed by atoms with Crippen LogP contribution in [0.3, 0.4) is 0 Å². The maximum absolute atomic E-state index is 13.6. The lowest BCUT2D eigenvalue weighted by Crippen LogP contribution is -2.01. The van der Waals surface area contributed by atoms with E-state index in [1.807, 2.05) is 86.6 Å². The van der Waals surface area contributed by atoms with Crippen molar-refractivity contribution >= 4 is 11.6 Å². The number of rotatable bonds is 2. The second-order valence-corrected chi connectivity index (χ2v) is 14.2. The molecular weight excluding hydrogens is 721 g/mol. The third-order valence-corrected chi connectivity index (χ3v) is 9.95. The summed E-state index contributed by atoms with van der Waals surface area (Å²) in [7, 11) is 0. The van der Waals surface area contributed by atoms with Gasteiger partial charge in [-0.1, -0.05) is 59.7 Å².